The van der Waals surface area contributed by atoms with E-state index in [1.807, 2.05) is 0 Å². The molecule has 0 radical (unpaired) electrons. The fourth-order valence-corrected chi connectivity index (χ4v) is 4.55. The maximum absolute atomic E-state index is 13.1. The van der Waals surface area contributed by atoms with E-state index in [-0.39, 0.29) is 13.3 Å². The van der Waals surface area contributed by atoms with Gasteiger partial charge in [0.15, 0.2) is 12.2 Å². The lowest BCUT2D eigenvalue weighted by Gasteiger charge is -2.23. The molecule has 1 fully saturated rings. The zero-order chi connectivity index (χ0) is 37.5. The summed E-state index contributed by atoms with van der Waals surface area (Å²) in [6.07, 6.45) is -8.29. The molecule has 3 amide bonds. The zero-order valence-electron chi connectivity index (χ0n) is 24.8. The van der Waals surface area contributed by atoms with Gasteiger partial charge in [0.2, 0.25) is 0 Å². The quantitative estimate of drug-likeness (QED) is 0.0908. The molecular weight excluding hydrogens is 739 g/mol. The number of aliphatic carboxylic acids is 2. The minimum atomic E-state index is -5.08. The van der Waals surface area contributed by atoms with Crippen LogP contribution in [0.1, 0.15) is 35.2 Å². The second-order valence-electron chi connectivity index (χ2n) is 9.44. The van der Waals surface area contributed by atoms with E-state index >= 15 is 0 Å². The van der Waals surface area contributed by atoms with Crippen molar-refractivity contribution < 1.29 is 65.3 Å². The third-order valence-electron chi connectivity index (χ3n) is 5.67. The number of esters is 1. The maximum atomic E-state index is 13.1. The fraction of sp³-hybridized carbons (Fsp3) is 0.370. The number of amides is 3. The van der Waals surface area contributed by atoms with Crippen LogP contribution in [0, 0.1) is 0 Å². The van der Waals surface area contributed by atoms with Crippen LogP contribution in [0.5, 0.6) is 0 Å². The van der Waals surface area contributed by atoms with E-state index in [4.69, 9.17) is 59.2 Å². The van der Waals surface area contributed by atoms with Crippen LogP contribution in [0.15, 0.2) is 48.5 Å². The number of hydrogen-bond donors (Lipinski definition) is 5. The van der Waals surface area contributed by atoms with Crippen molar-refractivity contribution >= 4 is 65.0 Å². The highest BCUT2D eigenvalue weighted by molar-refractivity contribution is 7.98. The normalized spacial score (nSPS) is 14.9. The third kappa shape index (κ3) is 15.9. The van der Waals surface area contributed by atoms with E-state index in [1.54, 1.807) is 48.5 Å². The Morgan fingerprint density at radius 3 is 1.82 bits per heavy atom. The van der Waals surface area contributed by atoms with Gasteiger partial charge >= 0.3 is 36.3 Å². The number of nitrogens with one attached hydrogen (secondary N) is 1. The highest BCUT2D eigenvalue weighted by Gasteiger charge is 2.41. The largest absolute Gasteiger partial charge is 0.490 e. The van der Waals surface area contributed by atoms with Gasteiger partial charge < -0.3 is 31.7 Å². The molecule has 1 saturated heterocycles. The number of hydrogen-bond acceptors (Lipinski definition) is 9. The summed E-state index contributed by atoms with van der Waals surface area (Å²) in [4.78, 5) is 57.3. The Kier molecular flexibility index (Phi) is 17.5. The molecule has 3 rings (SSSR count). The van der Waals surface area contributed by atoms with E-state index in [0.29, 0.717) is 35.0 Å². The lowest BCUT2D eigenvalue weighted by Crippen LogP contribution is -2.47. The number of nitrogens with two attached hydrogens (primary N) is 2. The second-order valence-corrected chi connectivity index (χ2v) is 11.4. The first-order chi connectivity index (χ1) is 22.7. The first-order valence-corrected chi connectivity index (χ1v) is 15.0. The predicted molar refractivity (Wildman–Crippen MR) is 164 cm³/mol. The summed E-state index contributed by atoms with van der Waals surface area (Å²) in [5.41, 5.74) is 11.8. The Morgan fingerprint density at radius 2 is 1.37 bits per heavy atom. The fourth-order valence-electron chi connectivity index (χ4n) is 3.22. The molecule has 0 aromatic heterocycles. The molecule has 0 spiro atoms. The Morgan fingerprint density at radius 1 is 0.898 bits per heavy atom. The van der Waals surface area contributed by atoms with Crippen LogP contribution in [0.3, 0.4) is 0 Å². The van der Waals surface area contributed by atoms with Gasteiger partial charge in [-0.15, -0.1) is 0 Å². The van der Waals surface area contributed by atoms with Gasteiger partial charge in [-0.3, -0.25) is 18.8 Å². The summed E-state index contributed by atoms with van der Waals surface area (Å²) < 4.78 is 70.3. The van der Waals surface area contributed by atoms with E-state index in [1.165, 1.54) is 9.21 Å². The lowest BCUT2D eigenvalue weighted by molar-refractivity contribution is -0.193. The summed E-state index contributed by atoms with van der Waals surface area (Å²) in [7, 11) is 0. The van der Waals surface area contributed by atoms with Crippen LogP contribution in [0.2, 0.25) is 10.0 Å². The average molecular weight is 769 g/mol. The van der Waals surface area contributed by atoms with Crippen molar-refractivity contribution in [3.8, 4) is 0 Å². The molecule has 2 aromatic rings. The number of unbranched alkanes of at least 4 members (excludes halogenated alkanes) is 1. The van der Waals surface area contributed by atoms with Crippen molar-refractivity contribution in [3.63, 3.8) is 0 Å². The van der Waals surface area contributed by atoms with Crippen LogP contribution in [0.25, 0.3) is 0 Å². The Hall–Kier alpha value is -3.98. The number of nitrogens with zero attached hydrogens (tertiary/aromatic N) is 2. The first-order valence-electron chi connectivity index (χ1n) is 13.5. The van der Waals surface area contributed by atoms with Crippen molar-refractivity contribution in [2.24, 2.45) is 11.5 Å². The molecule has 22 heteroatoms. The standard InChI is InChI=1S/C23H27Cl2N5O4S.2C2HF3O2/c24-17-8-4-15(5-9-17)13-30-23(33)29(14-34-21(32)19(27)3-1-2-12-26)22(35-30)28-20(31)16-6-10-18(25)11-7-16;2*3-2(4,5)1(6)7/h4-11,19,22H,1-3,12-14,26-27H2,(H,28,31);2*(H,6,7). The lowest BCUT2D eigenvalue weighted by atomic mass is 10.1. The number of rotatable bonds is 11. The predicted octanol–water partition coefficient (Wildman–Crippen LogP) is 4.82. The highest BCUT2D eigenvalue weighted by atomic mass is 35.5. The van der Waals surface area contributed by atoms with Crippen molar-refractivity contribution in [1.29, 1.82) is 0 Å². The van der Waals surface area contributed by atoms with Crippen molar-refractivity contribution in [2.75, 3.05) is 13.3 Å². The Bertz CT molecular complexity index is 1400. The molecular formula is C27H29Cl2F6N5O8S. The minimum Gasteiger partial charge on any atom is -0.475 e. The molecule has 2 aromatic carbocycles. The number of carboxylic acid groups (broad SMARTS) is 2. The number of benzene rings is 2. The average Bonchev–Trinajstić information content (AvgIpc) is 3.29. The monoisotopic (exact) mass is 767 g/mol. The van der Waals surface area contributed by atoms with E-state index in [9.17, 15) is 40.7 Å². The molecule has 13 nitrogen and oxygen atoms in total. The SMILES string of the molecule is NCCCCC(N)C(=O)OCN1C(=O)N(Cc2ccc(Cl)cc2)SC1NC(=O)c1ccc(Cl)cc1.O=C(O)C(F)(F)F.O=C(O)C(F)(F)F. The van der Waals surface area contributed by atoms with Gasteiger partial charge in [0.25, 0.3) is 5.91 Å². The van der Waals surface area contributed by atoms with Gasteiger partial charge in [-0.2, -0.15) is 26.3 Å². The van der Waals surface area contributed by atoms with Gasteiger partial charge in [-0.05, 0) is 61.3 Å². The Balaban J connectivity index is 0.000000717. The first kappa shape index (κ1) is 43.0. The third-order valence-corrected chi connectivity index (χ3v) is 7.29. The number of alkyl halides is 6. The summed E-state index contributed by atoms with van der Waals surface area (Å²) >= 11 is 13.0. The number of ether oxygens (including phenoxy) is 1. The van der Waals surface area contributed by atoms with E-state index < -0.39 is 53.7 Å². The van der Waals surface area contributed by atoms with Gasteiger partial charge in [0, 0.05) is 27.6 Å². The molecule has 2 atom stereocenters. The zero-order valence-corrected chi connectivity index (χ0v) is 27.2. The molecule has 2 unspecified atom stereocenters. The second kappa shape index (κ2) is 19.9. The minimum absolute atomic E-state index is 0.261. The number of carbonyl (C=O) groups excluding carboxylic acids is 3. The van der Waals surface area contributed by atoms with Gasteiger partial charge in [0.05, 0.1) is 6.54 Å². The molecule has 0 bridgehead atoms. The summed E-state index contributed by atoms with van der Waals surface area (Å²) in [6, 6.07) is 12.2. The molecule has 0 aliphatic carbocycles. The molecule has 0 saturated carbocycles. The van der Waals surface area contributed by atoms with Crippen LogP contribution >= 0.6 is 35.1 Å². The van der Waals surface area contributed by atoms with Crippen molar-refractivity contribution in [3.05, 3.63) is 69.7 Å². The van der Waals surface area contributed by atoms with Crippen LogP contribution in [-0.4, -0.2) is 86.4 Å². The summed E-state index contributed by atoms with van der Waals surface area (Å²) in [6.45, 7) is 0.411. The van der Waals surface area contributed by atoms with Gasteiger partial charge in [-0.25, -0.2) is 14.4 Å². The van der Waals surface area contributed by atoms with E-state index in [2.05, 4.69) is 5.32 Å². The molecule has 1 aliphatic rings. The smallest absolute Gasteiger partial charge is 0.475 e. The van der Waals surface area contributed by atoms with Crippen LogP contribution in [0.4, 0.5) is 31.1 Å². The number of urea groups is 1. The molecule has 1 aliphatic heterocycles. The van der Waals surface area contributed by atoms with Gasteiger partial charge in [-0.1, -0.05) is 41.8 Å². The molecule has 272 valence electrons. The summed E-state index contributed by atoms with van der Waals surface area (Å²) in [5, 5.41) is 18.1. The molecule has 49 heavy (non-hydrogen) atoms. The van der Waals surface area contributed by atoms with E-state index in [0.717, 1.165) is 23.9 Å². The van der Waals surface area contributed by atoms with Crippen molar-refractivity contribution in [2.45, 2.75) is 49.7 Å². The topological polar surface area (TPSA) is 206 Å². The van der Waals surface area contributed by atoms with Gasteiger partial charge in [0.1, 0.15) is 6.04 Å². The number of halogens is 8. The van der Waals surface area contributed by atoms with Crippen LogP contribution in [-0.2, 0) is 25.7 Å². The maximum Gasteiger partial charge on any atom is 0.490 e. The van der Waals surface area contributed by atoms with Crippen molar-refractivity contribution in [1.82, 2.24) is 14.5 Å². The Labute approximate surface area is 288 Å². The number of carbonyl (C=O) groups is 5. The summed E-state index contributed by atoms with van der Waals surface area (Å²) in [5.74, 6) is -6.55. The molecule has 1 heterocycles. The van der Waals surface area contributed by atoms with Crippen LogP contribution < -0.4 is 16.8 Å². The molecule has 7 N–H and O–H groups in total. The number of carboxylic acids is 2. The highest BCUT2D eigenvalue weighted by Crippen LogP contribution is 2.32.